The van der Waals surface area contributed by atoms with Crippen LogP contribution in [-0.4, -0.2) is 72.3 Å². The highest BCUT2D eigenvalue weighted by Crippen LogP contribution is 2.26. The van der Waals surface area contributed by atoms with E-state index >= 15 is 0 Å². The lowest BCUT2D eigenvalue weighted by atomic mass is 10.2. The highest BCUT2D eigenvalue weighted by atomic mass is 32.2. The number of hydrogen-bond donors (Lipinski definition) is 1. The van der Waals surface area contributed by atoms with Gasteiger partial charge in [-0.1, -0.05) is 11.8 Å². The summed E-state index contributed by atoms with van der Waals surface area (Å²) >= 11 is 1.36. The summed E-state index contributed by atoms with van der Waals surface area (Å²) in [6, 6.07) is 6.80. The fraction of sp³-hybridized carbons (Fsp3) is 0.500. The van der Waals surface area contributed by atoms with E-state index in [4.69, 9.17) is 0 Å². The Bertz CT molecular complexity index is 933. The van der Waals surface area contributed by atoms with Gasteiger partial charge in [0.1, 0.15) is 5.78 Å². The van der Waals surface area contributed by atoms with Gasteiger partial charge in [0, 0.05) is 12.1 Å². The van der Waals surface area contributed by atoms with Crippen molar-refractivity contribution >= 4 is 27.6 Å². The minimum atomic E-state index is -3.48. The van der Waals surface area contributed by atoms with Crippen molar-refractivity contribution in [3.63, 3.8) is 0 Å². The van der Waals surface area contributed by atoms with Gasteiger partial charge in [0.2, 0.25) is 10.0 Å². The molecule has 0 amide bonds. The average molecular weight is 425 g/mol. The number of nitrogens with zero attached hydrogens (tertiary/aromatic N) is 4. The van der Waals surface area contributed by atoms with Gasteiger partial charge < -0.3 is 9.47 Å². The van der Waals surface area contributed by atoms with E-state index in [1.165, 1.54) is 16.7 Å². The number of thioether (sulfide) groups is 1. The molecule has 0 bridgehead atoms. The van der Waals surface area contributed by atoms with E-state index in [1.807, 2.05) is 11.5 Å². The number of likely N-dealkylation sites (N-methyl/N-ethyl adjacent to an activating group) is 1. The van der Waals surface area contributed by atoms with Gasteiger partial charge >= 0.3 is 0 Å². The maximum atomic E-state index is 12.9. The van der Waals surface area contributed by atoms with Crippen LogP contribution in [0.1, 0.15) is 13.8 Å². The molecule has 1 saturated heterocycles. The number of rotatable bonds is 7. The van der Waals surface area contributed by atoms with Gasteiger partial charge in [-0.05, 0) is 38.1 Å². The van der Waals surface area contributed by atoms with Crippen molar-refractivity contribution in [1.29, 1.82) is 0 Å². The summed E-state index contributed by atoms with van der Waals surface area (Å²) in [5.41, 5.74) is 0.797. The van der Waals surface area contributed by atoms with Crippen LogP contribution in [0.4, 0.5) is 0 Å². The molecule has 1 aliphatic rings. The quantitative estimate of drug-likeness (QED) is 0.637. The highest BCUT2D eigenvalue weighted by Gasteiger charge is 2.29. The number of sulfonamides is 1. The number of aromatic nitrogens is 3. The fourth-order valence-corrected chi connectivity index (χ4v) is 5.34. The number of hydrogen-bond acceptors (Lipinski definition) is 6. The topological polar surface area (TPSA) is 89.6 Å². The Morgan fingerprint density at radius 1 is 1.18 bits per heavy atom. The van der Waals surface area contributed by atoms with Crippen molar-refractivity contribution in [2.45, 2.75) is 30.4 Å². The second-order valence-electron chi connectivity index (χ2n) is 6.93. The van der Waals surface area contributed by atoms with Gasteiger partial charge in [-0.15, -0.1) is 10.2 Å². The molecule has 2 aromatic rings. The lowest BCUT2D eigenvalue weighted by Crippen LogP contribution is -3.12. The summed E-state index contributed by atoms with van der Waals surface area (Å²) in [5.74, 6) is 1.10. The van der Waals surface area contributed by atoms with Crippen LogP contribution < -0.4 is 4.90 Å². The fourth-order valence-electron chi connectivity index (χ4n) is 3.09. The normalized spacial score (nSPS) is 16.4. The number of benzene rings is 1. The summed E-state index contributed by atoms with van der Waals surface area (Å²) in [6.07, 6.45) is 0. The van der Waals surface area contributed by atoms with Crippen molar-refractivity contribution in [3.05, 3.63) is 24.3 Å². The molecule has 1 N–H and O–H groups in total. The molecule has 0 spiro atoms. The molecule has 0 aliphatic carbocycles. The first-order valence-electron chi connectivity index (χ1n) is 9.30. The molecular formula is C18H26N5O3S2+. The molecule has 0 radical (unpaired) electrons. The molecule has 3 rings (SSSR count). The summed E-state index contributed by atoms with van der Waals surface area (Å²) in [5, 5.41) is 9.11. The van der Waals surface area contributed by atoms with Crippen molar-refractivity contribution in [2.24, 2.45) is 0 Å². The van der Waals surface area contributed by atoms with E-state index in [9.17, 15) is 13.2 Å². The number of carbonyl (C=O) groups excluding carboxylic acids is 1. The molecule has 0 atom stereocenters. The van der Waals surface area contributed by atoms with E-state index < -0.39 is 10.0 Å². The number of piperazine rings is 1. The van der Waals surface area contributed by atoms with Gasteiger partial charge in [0.25, 0.3) is 0 Å². The third-order valence-electron chi connectivity index (χ3n) is 4.76. The Morgan fingerprint density at radius 2 is 1.82 bits per heavy atom. The maximum Gasteiger partial charge on any atom is 0.243 e. The second kappa shape index (κ2) is 8.73. The maximum absolute atomic E-state index is 12.9. The SMILES string of the molecule is CCn1c(SCC(C)=O)nnc1-c1ccc(S(=O)(=O)N2CC[NH+](C)CC2)cc1. The Morgan fingerprint density at radius 3 is 2.39 bits per heavy atom. The van der Waals surface area contributed by atoms with E-state index in [2.05, 4.69) is 17.2 Å². The van der Waals surface area contributed by atoms with E-state index in [0.717, 1.165) is 18.7 Å². The summed E-state index contributed by atoms with van der Waals surface area (Å²) < 4.78 is 29.2. The van der Waals surface area contributed by atoms with Crippen LogP contribution >= 0.6 is 11.8 Å². The average Bonchev–Trinajstić information content (AvgIpc) is 3.09. The van der Waals surface area contributed by atoms with Crippen LogP contribution in [-0.2, 0) is 21.4 Å². The zero-order chi connectivity index (χ0) is 20.3. The molecule has 8 nitrogen and oxygen atoms in total. The summed E-state index contributed by atoms with van der Waals surface area (Å²) in [7, 11) is -1.40. The molecule has 1 aliphatic heterocycles. The summed E-state index contributed by atoms with van der Waals surface area (Å²) in [6.45, 7) is 6.90. The number of Topliss-reactive ketones (excluding diaryl/α,β-unsaturated/α-hetero) is 1. The Balaban J connectivity index is 1.82. The van der Waals surface area contributed by atoms with E-state index in [1.54, 1.807) is 35.5 Å². The molecule has 28 heavy (non-hydrogen) atoms. The molecule has 10 heteroatoms. The number of carbonyl (C=O) groups is 1. The zero-order valence-corrected chi connectivity index (χ0v) is 18.0. The predicted molar refractivity (Wildman–Crippen MR) is 108 cm³/mol. The van der Waals surface area contributed by atoms with Gasteiger partial charge in [-0.3, -0.25) is 4.79 Å². The predicted octanol–water partition coefficient (Wildman–Crippen LogP) is 0.165. The molecule has 1 aromatic heterocycles. The van der Waals surface area contributed by atoms with Gasteiger partial charge in [0.15, 0.2) is 11.0 Å². The molecule has 2 heterocycles. The number of ketones is 1. The molecular weight excluding hydrogens is 398 g/mol. The Hall–Kier alpha value is -1.75. The monoisotopic (exact) mass is 424 g/mol. The van der Waals surface area contributed by atoms with Crippen LogP contribution in [0.2, 0.25) is 0 Å². The first-order chi connectivity index (χ1) is 13.3. The van der Waals surface area contributed by atoms with Gasteiger partial charge in [0.05, 0.1) is 43.9 Å². The first-order valence-corrected chi connectivity index (χ1v) is 11.7. The van der Waals surface area contributed by atoms with E-state index in [0.29, 0.717) is 41.3 Å². The lowest BCUT2D eigenvalue weighted by Gasteiger charge is -2.29. The van der Waals surface area contributed by atoms with E-state index in [-0.39, 0.29) is 5.78 Å². The van der Waals surface area contributed by atoms with Crippen LogP contribution in [0.15, 0.2) is 34.3 Å². The van der Waals surface area contributed by atoms with Crippen LogP contribution in [0, 0.1) is 0 Å². The van der Waals surface area contributed by atoms with Crippen LogP contribution in [0.5, 0.6) is 0 Å². The van der Waals surface area contributed by atoms with Crippen LogP contribution in [0.25, 0.3) is 11.4 Å². The largest absolute Gasteiger partial charge is 0.335 e. The molecule has 1 aromatic carbocycles. The van der Waals surface area contributed by atoms with Crippen molar-refractivity contribution in [2.75, 3.05) is 39.0 Å². The second-order valence-corrected chi connectivity index (χ2v) is 9.81. The Labute approximate surface area is 170 Å². The minimum absolute atomic E-state index is 0.0808. The number of quaternary nitrogens is 1. The standard InChI is InChI=1S/C18H25N5O3S2/c1-4-23-17(19-20-18(23)27-13-14(2)24)15-5-7-16(8-6-15)28(25,26)22-11-9-21(3)10-12-22/h5-8H,4,9-13H2,1-3H3/p+1. The van der Waals surface area contributed by atoms with Gasteiger partial charge in [-0.2, -0.15) is 4.31 Å². The number of nitrogens with one attached hydrogen (secondary N) is 1. The van der Waals surface area contributed by atoms with Crippen molar-refractivity contribution in [3.8, 4) is 11.4 Å². The highest BCUT2D eigenvalue weighted by molar-refractivity contribution is 7.99. The molecule has 152 valence electrons. The van der Waals surface area contributed by atoms with Gasteiger partial charge in [-0.25, -0.2) is 8.42 Å². The molecule has 1 fully saturated rings. The molecule has 0 saturated carbocycles. The Kier molecular flexibility index (Phi) is 6.54. The molecule has 0 unspecified atom stereocenters. The van der Waals surface area contributed by atoms with Crippen molar-refractivity contribution < 1.29 is 18.1 Å². The summed E-state index contributed by atoms with van der Waals surface area (Å²) in [4.78, 5) is 12.9. The third-order valence-corrected chi connectivity index (χ3v) is 7.79. The van der Waals surface area contributed by atoms with Crippen LogP contribution in [0.3, 0.4) is 0 Å². The third kappa shape index (κ3) is 4.45. The zero-order valence-electron chi connectivity index (χ0n) is 16.4. The lowest BCUT2D eigenvalue weighted by molar-refractivity contribution is -0.883. The first kappa shape index (κ1) is 21.0. The van der Waals surface area contributed by atoms with Crippen molar-refractivity contribution in [1.82, 2.24) is 19.1 Å². The smallest absolute Gasteiger partial charge is 0.243 e. The minimum Gasteiger partial charge on any atom is -0.335 e.